The molecule has 3 heterocycles. The molecule has 1 saturated heterocycles. The predicted molar refractivity (Wildman–Crippen MR) is 121 cm³/mol. The fourth-order valence-electron chi connectivity index (χ4n) is 3.62. The second-order valence-corrected chi connectivity index (χ2v) is 9.13. The lowest BCUT2D eigenvalue weighted by Crippen LogP contribution is -2.50. The number of pyridine rings is 1. The molecule has 3 aromatic rings. The summed E-state index contributed by atoms with van der Waals surface area (Å²) in [5, 5.41) is 0. The lowest BCUT2D eigenvalue weighted by atomic mass is 10.1. The van der Waals surface area contributed by atoms with Crippen molar-refractivity contribution in [3.05, 3.63) is 65.7 Å². The predicted octanol–water partition coefficient (Wildman–Crippen LogP) is 2.95. The average Bonchev–Trinajstić information content (AvgIpc) is 3.14. The van der Waals surface area contributed by atoms with Crippen molar-refractivity contribution < 1.29 is 13.4 Å². The molecule has 0 unspecified atom stereocenters. The van der Waals surface area contributed by atoms with Gasteiger partial charge in [0.15, 0.2) is 0 Å². The Morgan fingerprint density at radius 3 is 2.61 bits per heavy atom. The summed E-state index contributed by atoms with van der Waals surface area (Å²) in [5.74, 6) is 2.20. The summed E-state index contributed by atoms with van der Waals surface area (Å²) in [5.41, 5.74) is 2.65. The first kappa shape index (κ1) is 21.2. The van der Waals surface area contributed by atoms with Crippen LogP contribution in [0.25, 0.3) is 11.5 Å². The highest BCUT2D eigenvalue weighted by Gasteiger charge is 2.24. The third-order valence-electron chi connectivity index (χ3n) is 5.35. The number of aromatic nitrogens is 2. The molecule has 4 rings (SSSR count). The van der Waals surface area contributed by atoms with Gasteiger partial charge in [-0.25, -0.2) is 9.97 Å². The van der Waals surface area contributed by atoms with E-state index in [2.05, 4.69) is 14.9 Å². The number of carbonyl (C=O) groups is 1. The van der Waals surface area contributed by atoms with Crippen LogP contribution in [0.3, 0.4) is 0 Å². The molecule has 8 heteroatoms. The Kier molecular flexibility index (Phi) is 6.46. The lowest BCUT2D eigenvalue weighted by Gasteiger charge is -2.35. The summed E-state index contributed by atoms with van der Waals surface area (Å²) < 4.78 is 18.4. The Morgan fingerprint density at radius 1 is 1.10 bits per heavy atom. The van der Waals surface area contributed by atoms with Gasteiger partial charge in [-0.2, -0.15) is 0 Å². The van der Waals surface area contributed by atoms with Crippen molar-refractivity contribution >= 4 is 22.5 Å². The fraction of sp³-hybridized carbons (Fsp3) is 0.348. The van der Waals surface area contributed by atoms with E-state index in [4.69, 9.17) is 4.42 Å². The van der Waals surface area contributed by atoms with Crippen molar-refractivity contribution in [2.24, 2.45) is 0 Å². The highest BCUT2D eigenvalue weighted by Crippen LogP contribution is 2.23. The van der Waals surface area contributed by atoms with Gasteiger partial charge in [0.05, 0.1) is 11.4 Å². The number of carbonyl (C=O) groups excluding carboxylic acids is 1. The van der Waals surface area contributed by atoms with Gasteiger partial charge in [0.2, 0.25) is 11.8 Å². The van der Waals surface area contributed by atoms with E-state index in [1.807, 2.05) is 56.3 Å². The van der Waals surface area contributed by atoms with E-state index in [1.165, 1.54) is 0 Å². The van der Waals surface area contributed by atoms with Crippen LogP contribution < -0.4 is 4.90 Å². The minimum absolute atomic E-state index is 0.00430. The standard InChI is InChI=1S/C23H26N4O3S/c1-17-6-5-7-19(14-17)23-25-20(18(2)30-23)15-31(29)16-22(28)27-12-10-26(11-13-27)21-8-3-4-9-24-21/h3-9,14H,10-13,15-16H2,1-2H3/t31-/m1/s1. The number of rotatable bonds is 6. The molecule has 0 N–H and O–H groups in total. The quantitative estimate of drug-likeness (QED) is 0.589. The summed E-state index contributed by atoms with van der Waals surface area (Å²) in [4.78, 5) is 25.5. The van der Waals surface area contributed by atoms with Crippen LogP contribution in [0.5, 0.6) is 0 Å². The van der Waals surface area contributed by atoms with Crippen LogP contribution in [-0.2, 0) is 21.3 Å². The zero-order chi connectivity index (χ0) is 21.8. The topological polar surface area (TPSA) is 79.5 Å². The lowest BCUT2D eigenvalue weighted by molar-refractivity contribution is -0.128. The molecule has 1 amide bonds. The third kappa shape index (κ3) is 5.19. The number of hydrogen-bond donors (Lipinski definition) is 0. The summed E-state index contributed by atoms with van der Waals surface area (Å²) in [6.45, 7) is 6.48. The number of nitrogens with zero attached hydrogens (tertiary/aromatic N) is 4. The second kappa shape index (κ2) is 9.43. The maximum absolute atomic E-state index is 12.7. The van der Waals surface area contributed by atoms with E-state index in [1.54, 1.807) is 11.1 Å². The summed E-state index contributed by atoms with van der Waals surface area (Å²) in [6, 6.07) is 13.7. The maximum atomic E-state index is 12.7. The monoisotopic (exact) mass is 438 g/mol. The van der Waals surface area contributed by atoms with Crippen LogP contribution in [-0.4, -0.2) is 56.9 Å². The summed E-state index contributed by atoms with van der Waals surface area (Å²) >= 11 is 0. The summed E-state index contributed by atoms with van der Waals surface area (Å²) in [6.07, 6.45) is 1.77. The maximum Gasteiger partial charge on any atom is 0.235 e. The molecule has 1 aliphatic heterocycles. The van der Waals surface area contributed by atoms with E-state index < -0.39 is 10.8 Å². The molecule has 0 saturated carbocycles. The molecule has 7 nitrogen and oxygen atoms in total. The minimum atomic E-state index is -1.34. The van der Waals surface area contributed by atoms with E-state index >= 15 is 0 Å². The molecule has 0 radical (unpaired) electrons. The van der Waals surface area contributed by atoms with Gasteiger partial charge < -0.3 is 14.2 Å². The Bertz CT molecular complexity index is 1080. The zero-order valence-corrected chi connectivity index (χ0v) is 18.6. The SMILES string of the molecule is Cc1cccc(-c2nc(C[S@@](=O)CC(=O)N3CCN(c4ccccn4)CC3)c(C)o2)c1. The van der Waals surface area contributed by atoms with Crippen LogP contribution >= 0.6 is 0 Å². The van der Waals surface area contributed by atoms with Gasteiger partial charge in [-0.15, -0.1) is 0 Å². The number of hydrogen-bond acceptors (Lipinski definition) is 6. The fourth-order valence-corrected chi connectivity index (χ4v) is 4.75. The van der Waals surface area contributed by atoms with Crippen molar-refractivity contribution in [1.82, 2.24) is 14.9 Å². The molecule has 1 fully saturated rings. The molecule has 31 heavy (non-hydrogen) atoms. The second-order valence-electron chi connectivity index (χ2n) is 7.68. The molecule has 1 aromatic carbocycles. The first-order valence-corrected chi connectivity index (χ1v) is 11.8. The van der Waals surface area contributed by atoms with Gasteiger partial charge >= 0.3 is 0 Å². The minimum Gasteiger partial charge on any atom is -0.441 e. The molecule has 0 spiro atoms. The zero-order valence-electron chi connectivity index (χ0n) is 17.8. The molecular weight excluding hydrogens is 412 g/mol. The summed E-state index contributed by atoms with van der Waals surface area (Å²) in [7, 11) is -1.34. The van der Waals surface area contributed by atoms with Crippen LogP contribution in [0.2, 0.25) is 0 Å². The molecule has 1 aliphatic rings. The average molecular weight is 439 g/mol. The van der Waals surface area contributed by atoms with Gasteiger partial charge in [-0.3, -0.25) is 9.00 Å². The largest absolute Gasteiger partial charge is 0.441 e. The van der Waals surface area contributed by atoms with Gasteiger partial charge in [-0.1, -0.05) is 23.8 Å². The van der Waals surface area contributed by atoms with Gasteiger partial charge in [0.25, 0.3) is 0 Å². The van der Waals surface area contributed by atoms with E-state index in [0.717, 1.165) is 30.0 Å². The molecule has 162 valence electrons. The normalized spacial score (nSPS) is 15.2. The van der Waals surface area contributed by atoms with E-state index in [-0.39, 0.29) is 17.4 Å². The van der Waals surface area contributed by atoms with Crippen LogP contribution in [0.4, 0.5) is 5.82 Å². The van der Waals surface area contributed by atoms with Crippen molar-refractivity contribution in [1.29, 1.82) is 0 Å². The van der Waals surface area contributed by atoms with Crippen LogP contribution in [0, 0.1) is 13.8 Å². The number of benzene rings is 1. The van der Waals surface area contributed by atoms with Crippen LogP contribution in [0.1, 0.15) is 17.0 Å². The van der Waals surface area contributed by atoms with Crippen molar-refractivity contribution in [2.45, 2.75) is 19.6 Å². The third-order valence-corrected chi connectivity index (χ3v) is 6.51. The van der Waals surface area contributed by atoms with Crippen LogP contribution in [0.15, 0.2) is 53.1 Å². The molecular formula is C23H26N4O3S. The molecule has 2 aromatic heterocycles. The first-order valence-electron chi connectivity index (χ1n) is 10.3. The van der Waals surface area contributed by atoms with Gasteiger partial charge in [-0.05, 0) is 38.1 Å². The van der Waals surface area contributed by atoms with Gasteiger partial charge in [0, 0.05) is 48.7 Å². The number of anilines is 1. The first-order chi connectivity index (χ1) is 15.0. The number of aryl methyl sites for hydroxylation is 2. The van der Waals surface area contributed by atoms with Gasteiger partial charge in [0.1, 0.15) is 17.3 Å². The number of piperazine rings is 1. The Balaban J connectivity index is 1.32. The Morgan fingerprint density at radius 2 is 1.90 bits per heavy atom. The molecule has 1 atom stereocenters. The van der Waals surface area contributed by atoms with E-state index in [9.17, 15) is 9.00 Å². The highest BCUT2D eigenvalue weighted by atomic mass is 32.2. The van der Waals surface area contributed by atoms with E-state index in [0.29, 0.717) is 30.4 Å². The van der Waals surface area contributed by atoms with Crippen molar-refractivity contribution in [3.63, 3.8) is 0 Å². The number of oxazole rings is 1. The Hall–Kier alpha value is -3.00. The Labute approximate surface area is 184 Å². The number of amides is 1. The smallest absolute Gasteiger partial charge is 0.235 e. The van der Waals surface area contributed by atoms with Crippen molar-refractivity contribution in [3.8, 4) is 11.5 Å². The highest BCUT2D eigenvalue weighted by molar-refractivity contribution is 7.84. The molecule has 0 bridgehead atoms. The molecule has 0 aliphatic carbocycles. The van der Waals surface area contributed by atoms with Crippen molar-refractivity contribution in [2.75, 3.05) is 36.8 Å².